The van der Waals surface area contributed by atoms with Crippen molar-refractivity contribution in [2.24, 2.45) is 0 Å². The van der Waals surface area contributed by atoms with E-state index in [4.69, 9.17) is 28.9 Å². The Bertz CT molecular complexity index is 1650. The third kappa shape index (κ3) is 6.63. The van der Waals surface area contributed by atoms with E-state index in [-0.39, 0.29) is 25.0 Å². The maximum Gasteiger partial charge on any atom is 0.410 e. The molecule has 0 radical (unpaired) electrons. The average Bonchev–Trinajstić information content (AvgIpc) is 3.60. The zero-order valence-electron chi connectivity index (χ0n) is 28.7. The van der Waals surface area contributed by atoms with Gasteiger partial charge in [0, 0.05) is 60.9 Å². The van der Waals surface area contributed by atoms with E-state index in [9.17, 15) is 4.79 Å². The van der Waals surface area contributed by atoms with Gasteiger partial charge in [-0.05, 0) is 82.4 Å². The van der Waals surface area contributed by atoms with Gasteiger partial charge in [-0.15, -0.1) is 0 Å². The Kier molecular flexibility index (Phi) is 9.34. The molecule has 3 saturated heterocycles. The van der Waals surface area contributed by atoms with E-state index in [1.807, 2.05) is 31.7 Å². The molecule has 2 aromatic carbocycles. The van der Waals surface area contributed by atoms with E-state index < -0.39 is 5.60 Å². The normalized spacial score (nSPS) is 22.7. The number of halogens is 1. The van der Waals surface area contributed by atoms with Crippen molar-refractivity contribution in [1.82, 2.24) is 19.8 Å². The van der Waals surface area contributed by atoms with E-state index in [1.54, 1.807) is 7.11 Å². The number of aromatic nitrogens is 2. The van der Waals surface area contributed by atoms with Crippen LogP contribution in [0.3, 0.4) is 0 Å². The van der Waals surface area contributed by atoms with E-state index in [1.165, 1.54) is 12.0 Å². The van der Waals surface area contributed by atoms with Crippen molar-refractivity contribution in [3.8, 4) is 11.8 Å². The number of carbonyl (C=O) groups is 1. The van der Waals surface area contributed by atoms with Crippen LogP contribution in [0, 0.1) is 0 Å². The van der Waals surface area contributed by atoms with Gasteiger partial charge in [0.1, 0.15) is 23.8 Å². The van der Waals surface area contributed by atoms with Crippen LogP contribution in [0.4, 0.5) is 16.3 Å². The van der Waals surface area contributed by atoms with Crippen molar-refractivity contribution in [2.75, 3.05) is 63.5 Å². The molecule has 7 rings (SSSR count). The predicted octanol–water partition coefficient (Wildman–Crippen LogP) is 6.00. The number of likely N-dealkylation sites (tertiary alicyclic amines) is 1. The quantitative estimate of drug-likeness (QED) is 0.258. The lowest BCUT2D eigenvalue weighted by molar-refractivity contribution is 0.0122. The molecule has 1 aromatic heterocycles. The van der Waals surface area contributed by atoms with Gasteiger partial charge in [0.2, 0.25) is 0 Å². The van der Waals surface area contributed by atoms with E-state index in [2.05, 4.69) is 61.9 Å². The minimum atomic E-state index is -0.526. The van der Waals surface area contributed by atoms with Gasteiger partial charge in [0.25, 0.3) is 0 Å². The summed E-state index contributed by atoms with van der Waals surface area (Å²) < 4.78 is 24.3. The number of amides is 1. The van der Waals surface area contributed by atoms with Crippen LogP contribution in [0.25, 0.3) is 10.8 Å². The molecule has 4 aliphatic rings. The van der Waals surface area contributed by atoms with Gasteiger partial charge < -0.3 is 33.6 Å². The van der Waals surface area contributed by atoms with Gasteiger partial charge in [0.15, 0.2) is 6.79 Å². The number of anilines is 2. The molecule has 258 valence electrons. The Morgan fingerprint density at radius 1 is 1.00 bits per heavy atom. The molecule has 12 heteroatoms. The van der Waals surface area contributed by atoms with Gasteiger partial charge in [-0.1, -0.05) is 24.3 Å². The first-order valence-electron chi connectivity index (χ1n) is 17.2. The second-order valence-electron chi connectivity index (χ2n) is 14.5. The van der Waals surface area contributed by atoms with Crippen LogP contribution in [0.1, 0.15) is 57.7 Å². The lowest BCUT2D eigenvalue weighted by Crippen LogP contribution is -2.57. The molecule has 1 amide bonds. The van der Waals surface area contributed by atoms with Gasteiger partial charge >= 0.3 is 12.1 Å². The SMILES string of the molecule is COCOc1cc(N2CCc3c(nc(OCC4CCCN4C)nc3N3C[C@H]4CC[C@@H](C3)N4C(=O)OC(C)(C)C)C2)c2ccccc2c1Br. The monoisotopic (exact) mass is 722 g/mol. The number of likely N-dealkylation sites (N-methyl/N-ethyl adjacent to an activating group) is 1. The molecule has 3 atom stereocenters. The van der Waals surface area contributed by atoms with Crippen LogP contribution in [0.15, 0.2) is 34.8 Å². The summed E-state index contributed by atoms with van der Waals surface area (Å²) in [5, 5.41) is 2.22. The summed E-state index contributed by atoms with van der Waals surface area (Å²) in [6.45, 7) is 10.4. The third-order valence-electron chi connectivity index (χ3n) is 10.1. The van der Waals surface area contributed by atoms with Crippen LogP contribution in [0.2, 0.25) is 0 Å². The summed E-state index contributed by atoms with van der Waals surface area (Å²) in [4.78, 5) is 32.5. The summed E-state index contributed by atoms with van der Waals surface area (Å²) in [5.41, 5.74) is 2.71. The Hall–Kier alpha value is -3.35. The van der Waals surface area contributed by atoms with Crippen LogP contribution in [0.5, 0.6) is 11.8 Å². The number of fused-ring (bicyclic) bond motifs is 4. The number of hydrogen-bond donors (Lipinski definition) is 0. The van der Waals surface area contributed by atoms with E-state index in [0.29, 0.717) is 38.3 Å². The highest BCUT2D eigenvalue weighted by atomic mass is 79.9. The minimum absolute atomic E-state index is 0.0838. The Morgan fingerprint density at radius 3 is 2.44 bits per heavy atom. The topological polar surface area (TPSA) is 92.7 Å². The Balaban J connectivity index is 1.21. The summed E-state index contributed by atoms with van der Waals surface area (Å²) in [6.07, 6.45) is 4.79. The van der Waals surface area contributed by atoms with Crippen molar-refractivity contribution >= 4 is 44.3 Å². The maximum atomic E-state index is 13.2. The predicted molar refractivity (Wildman–Crippen MR) is 189 cm³/mol. The first-order chi connectivity index (χ1) is 23.1. The highest BCUT2D eigenvalue weighted by molar-refractivity contribution is 9.10. The maximum absolute atomic E-state index is 13.2. The first-order valence-corrected chi connectivity index (χ1v) is 18.0. The van der Waals surface area contributed by atoms with E-state index >= 15 is 0 Å². The minimum Gasteiger partial charge on any atom is -0.466 e. The smallest absolute Gasteiger partial charge is 0.410 e. The van der Waals surface area contributed by atoms with Crippen LogP contribution in [-0.2, 0) is 22.4 Å². The number of ether oxygens (including phenoxy) is 4. The third-order valence-corrected chi connectivity index (χ3v) is 10.9. The molecule has 2 bridgehead atoms. The molecule has 4 aliphatic heterocycles. The van der Waals surface area contributed by atoms with Gasteiger partial charge in [-0.2, -0.15) is 9.97 Å². The molecule has 0 spiro atoms. The summed E-state index contributed by atoms with van der Waals surface area (Å²) in [6, 6.07) is 11.4. The number of hydrogen-bond acceptors (Lipinski definition) is 10. The van der Waals surface area contributed by atoms with Crippen LogP contribution < -0.4 is 19.3 Å². The number of carbonyl (C=O) groups excluding carboxylic acids is 1. The lowest BCUT2D eigenvalue weighted by atomic mass is 10.0. The highest BCUT2D eigenvalue weighted by Gasteiger charge is 2.45. The Morgan fingerprint density at radius 2 is 1.75 bits per heavy atom. The molecular formula is C36H47BrN6O5. The fraction of sp³-hybridized carbons (Fsp3) is 0.583. The standard InChI is InChI=1S/C36H47BrN6O5/c1-36(2,3)48-35(44)43-23-12-13-24(43)19-42(18-23)33-28-14-16-41(20-29(28)38-34(39-33)46-21-25-9-8-15-40(25)4)30-17-31(47-22-45-5)32(37)27-11-7-6-10-26(27)30/h6-7,10-11,17,23-25H,8-9,12-16,18-22H2,1-5H3/t23-,24+,25?. The second kappa shape index (κ2) is 13.5. The molecule has 0 saturated carbocycles. The molecule has 1 unspecified atom stereocenters. The fourth-order valence-corrected chi connectivity index (χ4v) is 8.33. The lowest BCUT2D eigenvalue weighted by Gasteiger charge is -2.43. The van der Waals surface area contributed by atoms with Crippen molar-refractivity contribution in [3.63, 3.8) is 0 Å². The largest absolute Gasteiger partial charge is 0.466 e. The molecular weight excluding hydrogens is 676 g/mol. The van der Waals surface area contributed by atoms with Crippen molar-refractivity contribution in [2.45, 2.75) is 83.1 Å². The summed E-state index contributed by atoms with van der Waals surface area (Å²) in [5.74, 6) is 1.68. The molecule has 48 heavy (non-hydrogen) atoms. The van der Waals surface area contributed by atoms with Gasteiger partial charge in [0.05, 0.1) is 28.8 Å². The number of nitrogens with zero attached hydrogens (tertiary/aromatic N) is 6. The molecule has 3 fully saturated rings. The summed E-state index contributed by atoms with van der Waals surface area (Å²) >= 11 is 3.77. The molecule has 3 aromatic rings. The highest BCUT2D eigenvalue weighted by Crippen LogP contribution is 2.42. The Labute approximate surface area is 291 Å². The number of methoxy groups -OCH3 is 1. The number of benzene rings is 2. The molecule has 5 heterocycles. The van der Waals surface area contributed by atoms with Gasteiger partial charge in [-0.25, -0.2) is 4.79 Å². The molecule has 0 N–H and O–H groups in total. The van der Waals surface area contributed by atoms with Crippen molar-refractivity contribution in [3.05, 3.63) is 46.1 Å². The van der Waals surface area contributed by atoms with Crippen LogP contribution >= 0.6 is 15.9 Å². The van der Waals surface area contributed by atoms with Crippen molar-refractivity contribution in [1.29, 1.82) is 0 Å². The van der Waals surface area contributed by atoms with Crippen molar-refractivity contribution < 1.29 is 23.7 Å². The molecule has 11 nitrogen and oxygen atoms in total. The zero-order valence-corrected chi connectivity index (χ0v) is 30.3. The zero-order chi connectivity index (χ0) is 33.6. The van der Waals surface area contributed by atoms with E-state index in [0.717, 1.165) is 77.0 Å². The summed E-state index contributed by atoms with van der Waals surface area (Å²) in [7, 11) is 3.78. The average molecular weight is 724 g/mol. The first kappa shape index (κ1) is 33.2. The fourth-order valence-electron chi connectivity index (χ4n) is 7.75. The van der Waals surface area contributed by atoms with Crippen LogP contribution in [-0.4, -0.2) is 103 Å². The van der Waals surface area contributed by atoms with Gasteiger partial charge in [-0.3, -0.25) is 4.90 Å². The number of rotatable bonds is 8. The number of piperazine rings is 1. The molecule has 0 aliphatic carbocycles. The second-order valence-corrected chi connectivity index (χ2v) is 15.3.